The molecule has 0 saturated heterocycles. The Balaban J connectivity index is 2.42. The molecule has 5 nitrogen and oxygen atoms in total. The lowest BCUT2D eigenvalue weighted by Crippen LogP contribution is -2.35. The molecule has 15 heavy (non-hydrogen) atoms. The molecule has 80 valence electrons. The van der Waals surface area contributed by atoms with Gasteiger partial charge < -0.3 is 5.73 Å². The lowest BCUT2D eigenvalue weighted by Gasteiger charge is -2.05. The summed E-state index contributed by atoms with van der Waals surface area (Å²) in [5.74, 6) is -2.05. The van der Waals surface area contributed by atoms with Gasteiger partial charge in [0, 0.05) is 4.47 Å². The van der Waals surface area contributed by atoms with Crippen LogP contribution in [0.4, 0.5) is 0 Å². The number of primary amides is 1. The number of benzene rings is 1. The number of carbonyl (C=O) groups excluding carboxylic acids is 2. The number of nitrogens with two attached hydrogens (primary N) is 1. The van der Waals surface area contributed by atoms with Gasteiger partial charge in [-0.25, -0.2) is 5.48 Å². The van der Waals surface area contributed by atoms with Crippen molar-refractivity contribution in [2.45, 2.75) is 6.61 Å². The molecule has 0 saturated carbocycles. The van der Waals surface area contributed by atoms with Gasteiger partial charge >= 0.3 is 11.8 Å². The van der Waals surface area contributed by atoms with Gasteiger partial charge in [-0.15, -0.1) is 0 Å². The summed E-state index contributed by atoms with van der Waals surface area (Å²) < 4.78 is 0.860. The molecule has 0 aliphatic heterocycles. The number of hydrogen-bond donors (Lipinski definition) is 2. The Morgan fingerprint density at radius 3 is 2.67 bits per heavy atom. The summed E-state index contributed by atoms with van der Waals surface area (Å²) in [5.41, 5.74) is 7.48. The number of hydroxylamine groups is 1. The minimum atomic E-state index is -1.08. The molecule has 1 aromatic carbocycles. The van der Waals surface area contributed by atoms with Gasteiger partial charge in [-0.2, -0.15) is 0 Å². The average molecular weight is 273 g/mol. The molecule has 0 aliphatic rings. The molecule has 0 bridgehead atoms. The highest BCUT2D eigenvalue weighted by Crippen LogP contribution is 2.15. The van der Waals surface area contributed by atoms with E-state index in [0.29, 0.717) is 0 Å². The second-order valence-corrected chi connectivity index (χ2v) is 3.53. The Labute approximate surface area is 94.7 Å². The first-order valence-electron chi connectivity index (χ1n) is 4.06. The van der Waals surface area contributed by atoms with Crippen LogP contribution in [0.2, 0.25) is 0 Å². The van der Waals surface area contributed by atoms with Crippen LogP contribution < -0.4 is 11.2 Å². The van der Waals surface area contributed by atoms with E-state index in [-0.39, 0.29) is 6.61 Å². The zero-order valence-electron chi connectivity index (χ0n) is 7.70. The van der Waals surface area contributed by atoms with Crippen LogP contribution >= 0.6 is 15.9 Å². The van der Waals surface area contributed by atoms with Gasteiger partial charge in [0.15, 0.2) is 0 Å². The van der Waals surface area contributed by atoms with E-state index in [1.165, 1.54) is 0 Å². The maximum atomic E-state index is 10.7. The van der Waals surface area contributed by atoms with Crippen molar-refractivity contribution >= 4 is 27.7 Å². The van der Waals surface area contributed by atoms with Crippen LogP contribution in [0.5, 0.6) is 0 Å². The second-order valence-electron chi connectivity index (χ2n) is 2.68. The third kappa shape index (κ3) is 3.69. The number of nitrogens with one attached hydrogen (secondary N) is 1. The van der Waals surface area contributed by atoms with Crippen molar-refractivity contribution in [1.29, 1.82) is 0 Å². The Morgan fingerprint density at radius 2 is 2.07 bits per heavy atom. The van der Waals surface area contributed by atoms with Crippen LogP contribution in [0.3, 0.4) is 0 Å². The molecule has 0 fully saturated rings. The van der Waals surface area contributed by atoms with Gasteiger partial charge in [0.05, 0.1) is 0 Å². The SMILES string of the molecule is NC(=O)C(=O)NOCc1ccccc1Br. The van der Waals surface area contributed by atoms with Crippen LogP contribution in [-0.2, 0) is 21.0 Å². The van der Waals surface area contributed by atoms with Crippen molar-refractivity contribution in [1.82, 2.24) is 5.48 Å². The van der Waals surface area contributed by atoms with Gasteiger partial charge in [-0.1, -0.05) is 34.1 Å². The highest BCUT2D eigenvalue weighted by Gasteiger charge is 2.07. The molecule has 0 radical (unpaired) electrons. The summed E-state index contributed by atoms with van der Waals surface area (Å²) in [5, 5.41) is 0. The first kappa shape index (κ1) is 11.7. The monoisotopic (exact) mass is 272 g/mol. The fraction of sp³-hybridized carbons (Fsp3) is 0.111. The van der Waals surface area contributed by atoms with E-state index in [1.54, 1.807) is 0 Å². The first-order chi connectivity index (χ1) is 7.11. The third-order valence-electron chi connectivity index (χ3n) is 1.57. The summed E-state index contributed by atoms with van der Waals surface area (Å²) in [7, 11) is 0. The van der Waals surface area contributed by atoms with Crippen molar-refractivity contribution in [3.05, 3.63) is 34.3 Å². The van der Waals surface area contributed by atoms with Crippen molar-refractivity contribution in [3.8, 4) is 0 Å². The number of amides is 2. The molecular formula is C9H9BrN2O3. The fourth-order valence-corrected chi connectivity index (χ4v) is 1.24. The zero-order chi connectivity index (χ0) is 11.3. The number of rotatable bonds is 3. The topological polar surface area (TPSA) is 81.4 Å². The van der Waals surface area contributed by atoms with E-state index in [0.717, 1.165) is 10.0 Å². The van der Waals surface area contributed by atoms with Crippen LogP contribution in [0, 0.1) is 0 Å². The molecule has 0 unspecified atom stereocenters. The maximum absolute atomic E-state index is 10.7. The molecule has 1 rings (SSSR count). The summed E-state index contributed by atoms with van der Waals surface area (Å²) in [6.45, 7) is 0.153. The number of hydrogen-bond acceptors (Lipinski definition) is 3. The van der Waals surface area contributed by atoms with Crippen molar-refractivity contribution in [3.63, 3.8) is 0 Å². The van der Waals surface area contributed by atoms with Gasteiger partial charge in [-0.3, -0.25) is 14.4 Å². The smallest absolute Gasteiger partial charge is 0.332 e. The Bertz CT molecular complexity index is 381. The van der Waals surface area contributed by atoms with Crippen LogP contribution in [-0.4, -0.2) is 11.8 Å². The van der Waals surface area contributed by atoms with Gasteiger partial charge in [-0.05, 0) is 11.6 Å². The number of halogens is 1. The first-order valence-corrected chi connectivity index (χ1v) is 4.85. The normalized spacial score (nSPS) is 9.67. The van der Waals surface area contributed by atoms with E-state index < -0.39 is 11.8 Å². The zero-order valence-corrected chi connectivity index (χ0v) is 9.28. The predicted molar refractivity (Wildman–Crippen MR) is 56.3 cm³/mol. The molecule has 0 atom stereocenters. The van der Waals surface area contributed by atoms with Crippen molar-refractivity contribution in [2.75, 3.05) is 0 Å². The van der Waals surface area contributed by atoms with E-state index >= 15 is 0 Å². The summed E-state index contributed by atoms with van der Waals surface area (Å²) in [6.07, 6.45) is 0. The third-order valence-corrected chi connectivity index (χ3v) is 2.35. The molecule has 6 heteroatoms. The van der Waals surface area contributed by atoms with Crippen LogP contribution in [0.1, 0.15) is 5.56 Å². The largest absolute Gasteiger partial charge is 0.361 e. The lowest BCUT2D eigenvalue weighted by atomic mass is 10.2. The summed E-state index contributed by atoms with van der Waals surface area (Å²) >= 11 is 3.31. The molecule has 2 amide bonds. The average Bonchev–Trinajstić information content (AvgIpc) is 2.20. The quantitative estimate of drug-likeness (QED) is 0.621. The molecule has 0 spiro atoms. The molecule has 0 aromatic heterocycles. The van der Waals surface area contributed by atoms with Gasteiger partial charge in [0.1, 0.15) is 6.61 Å². The lowest BCUT2D eigenvalue weighted by molar-refractivity contribution is -0.146. The molecule has 0 aliphatic carbocycles. The summed E-state index contributed by atoms with van der Waals surface area (Å²) in [6, 6.07) is 7.35. The molecular weight excluding hydrogens is 264 g/mol. The van der Waals surface area contributed by atoms with Crippen LogP contribution in [0.15, 0.2) is 28.7 Å². The minimum Gasteiger partial charge on any atom is -0.361 e. The van der Waals surface area contributed by atoms with Crippen molar-refractivity contribution in [2.24, 2.45) is 5.73 Å². The highest BCUT2D eigenvalue weighted by atomic mass is 79.9. The molecule has 0 heterocycles. The van der Waals surface area contributed by atoms with Crippen molar-refractivity contribution < 1.29 is 14.4 Å². The van der Waals surface area contributed by atoms with E-state index in [1.807, 2.05) is 29.7 Å². The standard InChI is InChI=1S/C9H9BrN2O3/c10-7-4-2-1-3-6(7)5-15-12-9(14)8(11)13/h1-4H,5H2,(H2,11,13)(H,12,14). The van der Waals surface area contributed by atoms with Gasteiger partial charge in [0.2, 0.25) is 0 Å². The Hall–Kier alpha value is -1.40. The predicted octanol–water partition coefficient (Wildman–Crippen LogP) is 0.482. The Morgan fingerprint density at radius 1 is 1.40 bits per heavy atom. The van der Waals surface area contributed by atoms with E-state index in [4.69, 9.17) is 10.6 Å². The fourth-order valence-electron chi connectivity index (χ4n) is 0.845. The number of carbonyl (C=O) groups is 2. The minimum absolute atomic E-state index is 0.153. The van der Waals surface area contributed by atoms with E-state index in [2.05, 4.69) is 15.9 Å². The second kappa shape index (κ2) is 5.47. The van der Waals surface area contributed by atoms with Gasteiger partial charge in [0.25, 0.3) is 0 Å². The van der Waals surface area contributed by atoms with E-state index in [9.17, 15) is 9.59 Å². The highest BCUT2D eigenvalue weighted by molar-refractivity contribution is 9.10. The molecule has 3 N–H and O–H groups in total. The summed E-state index contributed by atoms with van der Waals surface area (Å²) in [4.78, 5) is 25.8. The van der Waals surface area contributed by atoms with Crippen LogP contribution in [0.25, 0.3) is 0 Å². The Kier molecular flexibility index (Phi) is 4.26. The maximum Gasteiger partial charge on any atom is 0.332 e. The molecule has 1 aromatic rings.